The van der Waals surface area contributed by atoms with E-state index in [2.05, 4.69) is 40.6 Å². The van der Waals surface area contributed by atoms with E-state index in [0.717, 1.165) is 5.82 Å². The highest BCUT2D eigenvalue weighted by Crippen LogP contribution is 2.26. The van der Waals surface area contributed by atoms with Gasteiger partial charge in [0.15, 0.2) is 0 Å². The lowest BCUT2D eigenvalue weighted by molar-refractivity contribution is 0.445. The molecule has 0 aliphatic heterocycles. The lowest BCUT2D eigenvalue weighted by Crippen LogP contribution is -2.27. The minimum Gasteiger partial charge on any atom is -0.367 e. The Bertz CT molecular complexity index is 469. The van der Waals surface area contributed by atoms with Crippen molar-refractivity contribution in [3.63, 3.8) is 0 Å². The average molecular weight is 198 g/mol. The Morgan fingerprint density at radius 2 is 2.00 bits per heavy atom. The van der Waals surface area contributed by atoms with E-state index in [-0.39, 0.29) is 0 Å². The van der Waals surface area contributed by atoms with E-state index in [4.69, 9.17) is 0 Å². The quantitative estimate of drug-likeness (QED) is 0.801. The fraction of sp³-hybridized carbons (Fsp3) is 0.308. The summed E-state index contributed by atoms with van der Waals surface area (Å²) in [4.78, 5) is 4.42. The van der Waals surface area contributed by atoms with Crippen LogP contribution in [0.15, 0.2) is 36.5 Å². The van der Waals surface area contributed by atoms with Crippen LogP contribution >= 0.6 is 0 Å². The van der Waals surface area contributed by atoms with Gasteiger partial charge in [0.2, 0.25) is 0 Å². The van der Waals surface area contributed by atoms with Gasteiger partial charge >= 0.3 is 0 Å². The summed E-state index contributed by atoms with van der Waals surface area (Å²) in [5, 5.41) is 6.00. The summed E-state index contributed by atoms with van der Waals surface area (Å²) in [6, 6.07) is 11.1. The molecule has 1 aromatic heterocycles. The summed E-state index contributed by atoms with van der Waals surface area (Å²) < 4.78 is 0. The van der Waals surface area contributed by atoms with Crippen molar-refractivity contribution in [2.45, 2.75) is 25.3 Å². The summed E-state index contributed by atoms with van der Waals surface area (Å²) >= 11 is 0. The summed E-state index contributed by atoms with van der Waals surface area (Å²) in [7, 11) is 0. The van der Waals surface area contributed by atoms with Crippen molar-refractivity contribution < 1.29 is 0 Å². The number of benzene rings is 1. The molecule has 0 unspecified atom stereocenters. The number of fused-ring (bicyclic) bond motifs is 1. The first-order valence-corrected chi connectivity index (χ1v) is 5.54. The molecule has 0 radical (unpaired) electrons. The number of pyridine rings is 1. The minimum absolute atomic E-state index is 0.642. The maximum absolute atomic E-state index is 4.42. The van der Waals surface area contributed by atoms with Crippen molar-refractivity contribution in [2.75, 3.05) is 5.32 Å². The van der Waals surface area contributed by atoms with Gasteiger partial charge < -0.3 is 5.32 Å². The molecular formula is C13H14N2. The normalized spacial score (nSPS) is 16.3. The van der Waals surface area contributed by atoms with E-state index in [1.54, 1.807) is 0 Å². The molecule has 0 spiro atoms. The van der Waals surface area contributed by atoms with Crippen LogP contribution in [-0.4, -0.2) is 11.0 Å². The van der Waals surface area contributed by atoms with Crippen LogP contribution in [0.1, 0.15) is 19.3 Å². The standard InChI is InChI=1S/C13H14N2/c1-2-7-12-10(4-1)8-9-14-13(12)15-11-5-3-6-11/h1-2,4,7-9,11H,3,5-6H2,(H,14,15). The topological polar surface area (TPSA) is 24.9 Å². The van der Waals surface area contributed by atoms with E-state index in [1.807, 2.05) is 6.20 Å². The first-order chi connectivity index (χ1) is 7.43. The zero-order valence-corrected chi connectivity index (χ0v) is 8.61. The van der Waals surface area contributed by atoms with Crippen molar-refractivity contribution in [3.05, 3.63) is 36.5 Å². The summed E-state index contributed by atoms with van der Waals surface area (Å²) in [5.74, 6) is 1.04. The molecule has 2 nitrogen and oxygen atoms in total. The molecule has 1 saturated carbocycles. The second-order valence-electron chi connectivity index (χ2n) is 4.15. The van der Waals surface area contributed by atoms with Gasteiger partial charge in [-0.15, -0.1) is 0 Å². The van der Waals surface area contributed by atoms with Crippen LogP contribution in [0.3, 0.4) is 0 Å². The van der Waals surface area contributed by atoms with Gasteiger partial charge in [-0.3, -0.25) is 0 Å². The van der Waals surface area contributed by atoms with Crippen LogP contribution in [0.2, 0.25) is 0 Å². The molecule has 2 heteroatoms. The second kappa shape index (κ2) is 3.54. The van der Waals surface area contributed by atoms with Crippen molar-refractivity contribution in [3.8, 4) is 0 Å². The van der Waals surface area contributed by atoms with Gasteiger partial charge in [-0.25, -0.2) is 4.98 Å². The Morgan fingerprint density at radius 1 is 1.13 bits per heavy atom. The van der Waals surface area contributed by atoms with Gasteiger partial charge in [-0.1, -0.05) is 24.3 Å². The monoisotopic (exact) mass is 198 g/mol. The van der Waals surface area contributed by atoms with Crippen LogP contribution in [0, 0.1) is 0 Å². The molecule has 0 amide bonds. The van der Waals surface area contributed by atoms with E-state index in [1.165, 1.54) is 30.0 Å². The molecule has 15 heavy (non-hydrogen) atoms. The highest BCUT2D eigenvalue weighted by Gasteiger charge is 2.17. The number of hydrogen-bond acceptors (Lipinski definition) is 2. The van der Waals surface area contributed by atoms with Crippen molar-refractivity contribution >= 4 is 16.6 Å². The maximum Gasteiger partial charge on any atom is 0.134 e. The lowest BCUT2D eigenvalue weighted by Gasteiger charge is -2.27. The Labute approximate surface area is 89.3 Å². The van der Waals surface area contributed by atoms with Gasteiger partial charge in [-0.05, 0) is 30.7 Å². The minimum atomic E-state index is 0.642. The zero-order valence-electron chi connectivity index (χ0n) is 8.61. The van der Waals surface area contributed by atoms with Gasteiger partial charge in [0.25, 0.3) is 0 Å². The van der Waals surface area contributed by atoms with Crippen LogP contribution in [0.4, 0.5) is 5.82 Å². The summed E-state index contributed by atoms with van der Waals surface area (Å²) in [6.07, 6.45) is 5.79. The van der Waals surface area contributed by atoms with Gasteiger partial charge in [-0.2, -0.15) is 0 Å². The summed E-state index contributed by atoms with van der Waals surface area (Å²) in [5.41, 5.74) is 0. The molecule has 1 aliphatic rings. The number of rotatable bonds is 2. The number of hydrogen-bond donors (Lipinski definition) is 1. The highest BCUT2D eigenvalue weighted by atomic mass is 15.0. The third-order valence-corrected chi connectivity index (χ3v) is 3.12. The third-order valence-electron chi connectivity index (χ3n) is 3.12. The SMILES string of the molecule is c1ccc2c(NC3CCC3)nccc2c1. The number of aromatic nitrogens is 1. The maximum atomic E-state index is 4.42. The predicted octanol–water partition coefficient (Wildman–Crippen LogP) is 3.20. The Morgan fingerprint density at radius 3 is 2.80 bits per heavy atom. The molecule has 1 aliphatic carbocycles. The molecule has 1 aromatic carbocycles. The van der Waals surface area contributed by atoms with Crippen molar-refractivity contribution in [1.29, 1.82) is 0 Å². The second-order valence-corrected chi connectivity index (χ2v) is 4.15. The van der Waals surface area contributed by atoms with Crippen LogP contribution in [0.25, 0.3) is 10.8 Å². The van der Waals surface area contributed by atoms with E-state index in [9.17, 15) is 0 Å². The van der Waals surface area contributed by atoms with Crippen LogP contribution in [0.5, 0.6) is 0 Å². The molecule has 0 saturated heterocycles. The van der Waals surface area contributed by atoms with Gasteiger partial charge in [0.05, 0.1) is 0 Å². The van der Waals surface area contributed by atoms with Gasteiger partial charge in [0.1, 0.15) is 5.82 Å². The first kappa shape index (κ1) is 8.72. The Balaban J connectivity index is 2.01. The lowest BCUT2D eigenvalue weighted by atomic mass is 9.93. The predicted molar refractivity (Wildman–Crippen MR) is 63.0 cm³/mol. The average Bonchev–Trinajstić information content (AvgIpc) is 2.23. The molecule has 1 fully saturated rings. The Kier molecular flexibility index (Phi) is 2.05. The van der Waals surface area contributed by atoms with Crippen LogP contribution in [-0.2, 0) is 0 Å². The largest absolute Gasteiger partial charge is 0.367 e. The molecule has 0 atom stereocenters. The first-order valence-electron chi connectivity index (χ1n) is 5.54. The smallest absolute Gasteiger partial charge is 0.134 e. The summed E-state index contributed by atoms with van der Waals surface area (Å²) in [6.45, 7) is 0. The zero-order chi connectivity index (χ0) is 10.1. The third kappa shape index (κ3) is 1.56. The van der Waals surface area contributed by atoms with Crippen LogP contribution < -0.4 is 5.32 Å². The molecule has 3 rings (SSSR count). The van der Waals surface area contributed by atoms with E-state index in [0.29, 0.717) is 6.04 Å². The fourth-order valence-corrected chi connectivity index (χ4v) is 1.98. The van der Waals surface area contributed by atoms with Crippen molar-refractivity contribution in [2.24, 2.45) is 0 Å². The molecule has 1 N–H and O–H groups in total. The van der Waals surface area contributed by atoms with Crippen molar-refractivity contribution in [1.82, 2.24) is 4.98 Å². The van der Waals surface area contributed by atoms with E-state index < -0.39 is 0 Å². The number of nitrogens with one attached hydrogen (secondary N) is 1. The molecule has 0 bridgehead atoms. The van der Waals surface area contributed by atoms with Gasteiger partial charge in [0, 0.05) is 17.6 Å². The van der Waals surface area contributed by atoms with E-state index >= 15 is 0 Å². The fourth-order valence-electron chi connectivity index (χ4n) is 1.98. The molecular weight excluding hydrogens is 184 g/mol. The molecule has 1 heterocycles. The Hall–Kier alpha value is -1.57. The highest BCUT2D eigenvalue weighted by molar-refractivity contribution is 5.91. The number of anilines is 1. The number of nitrogens with zero attached hydrogens (tertiary/aromatic N) is 1. The molecule has 2 aromatic rings. The molecule has 76 valence electrons.